The van der Waals surface area contributed by atoms with Crippen LogP contribution in [-0.4, -0.2) is 62.3 Å². The van der Waals surface area contributed by atoms with E-state index in [1.54, 1.807) is 7.11 Å². The Morgan fingerprint density at radius 1 is 1.21 bits per heavy atom. The molecule has 2 aliphatic rings. The van der Waals surface area contributed by atoms with Crippen molar-refractivity contribution in [1.29, 1.82) is 0 Å². The summed E-state index contributed by atoms with van der Waals surface area (Å²) in [5.74, 6) is 0. The highest BCUT2D eigenvalue weighted by Crippen LogP contribution is 2.20. The van der Waals surface area contributed by atoms with Crippen LogP contribution in [-0.2, 0) is 4.74 Å². The van der Waals surface area contributed by atoms with Gasteiger partial charge in [-0.1, -0.05) is 6.42 Å². The molecule has 2 saturated heterocycles. The first-order chi connectivity index (χ1) is 6.90. The van der Waals surface area contributed by atoms with Crippen LogP contribution in [0.3, 0.4) is 0 Å². The molecule has 1 unspecified atom stereocenters. The number of hydrogen-bond acceptors (Lipinski definition) is 3. The van der Waals surface area contributed by atoms with E-state index in [0.29, 0.717) is 0 Å². The van der Waals surface area contributed by atoms with Crippen LogP contribution in [0.15, 0.2) is 0 Å². The van der Waals surface area contributed by atoms with Crippen molar-refractivity contribution in [2.75, 3.05) is 46.4 Å². The van der Waals surface area contributed by atoms with Gasteiger partial charge in [-0.2, -0.15) is 0 Å². The molecular weight excluding hydrogens is 176 g/mol. The zero-order chi connectivity index (χ0) is 9.80. The monoisotopic (exact) mass is 198 g/mol. The van der Waals surface area contributed by atoms with Crippen molar-refractivity contribution in [3.05, 3.63) is 0 Å². The second-order valence-corrected chi connectivity index (χ2v) is 4.48. The minimum absolute atomic E-state index is 0.842. The first kappa shape index (κ1) is 10.4. The molecular formula is C11H22N2O. The summed E-state index contributed by atoms with van der Waals surface area (Å²) in [6.45, 7) is 7.11. The van der Waals surface area contributed by atoms with E-state index in [9.17, 15) is 0 Å². The summed E-state index contributed by atoms with van der Waals surface area (Å²) in [5.41, 5.74) is 0. The van der Waals surface area contributed by atoms with E-state index in [4.69, 9.17) is 4.74 Å². The van der Waals surface area contributed by atoms with Crippen molar-refractivity contribution in [3.8, 4) is 0 Å². The minimum atomic E-state index is 0.842. The van der Waals surface area contributed by atoms with Gasteiger partial charge >= 0.3 is 0 Å². The van der Waals surface area contributed by atoms with Crippen molar-refractivity contribution in [2.24, 2.45) is 0 Å². The Bertz CT molecular complexity index is 175. The highest BCUT2D eigenvalue weighted by molar-refractivity contribution is 4.84. The van der Waals surface area contributed by atoms with Gasteiger partial charge in [-0.05, 0) is 19.4 Å². The number of piperazine rings is 1. The third kappa shape index (κ3) is 2.47. The summed E-state index contributed by atoms with van der Waals surface area (Å²) in [5, 5.41) is 0. The number of methoxy groups -OCH3 is 1. The Kier molecular flexibility index (Phi) is 3.79. The normalized spacial score (nSPS) is 30.2. The van der Waals surface area contributed by atoms with E-state index in [0.717, 1.165) is 19.2 Å². The van der Waals surface area contributed by atoms with E-state index in [1.807, 2.05) is 0 Å². The van der Waals surface area contributed by atoms with Gasteiger partial charge < -0.3 is 4.74 Å². The van der Waals surface area contributed by atoms with Crippen LogP contribution in [0.25, 0.3) is 0 Å². The fourth-order valence-corrected chi connectivity index (χ4v) is 2.64. The molecule has 0 aromatic carbocycles. The van der Waals surface area contributed by atoms with Crippen LogP contribution in [0.1, 0.15) is 19.3 Å². The first-order valence-corrected chi connectivity index (χ1v) is 5.85. The molecule has 3 heteroatoms. The van der Waals surface area contributed by atoms with Crippen LogP contribution in [0.5, 0.6) is 0 Å². The largest absolute Gasteiger partial charge is 0.383 e. The smallest absolute Gasteiger partial charge is 0.0589 e. The Labute approximate surface area is 87.0 Å². The summed E-state index contributed by atoms with van der Waals surface area (Å²) < 4.78 is 5.13. The van der Waals surface area contributed by atoms with Crippen LogP contribution in [0.2, 0.25) is 0 Å². The van der Waals surface area contributed by atoms with Gasteiger partial charge in [0.1, 0.15) is 0 Å². The van der Waals surface area contributed by atoms with Crippen LogP contribution < -0.4 is 0 Å². The van der Waals surface area contributed by atoms with Crippen molar-refractivity contribution in [2.45, 2.75) is 25.3 Å². The molecule has 0 radical (unpaired) electrons. The number of fused-ring (bicyclic) bond motifs is 1. The predicted octanol–water partition coefficient (Wildman–Crippen LogP) is 0.803. The number of ether oxygens (including phenoxy) is 1. The van der Waals surface area contributed by atoms with Crippen molar-refractivity contribution >= 4 is 0 Å². The average molecular weight is 198 g/mol. The summed E-state index contributed by atoms with van der Waals surface area (Å²) >= 11 is 0. The summed E-state index contributed by atoms with van der Waals surface area (Å²) in [7, 11) is 1.79. The molecule has 0 N–H and O–H groups in total. The second kappa shape index (κ2) is 5.10. The van der Waals surface area contributed by atoms with Gasteiger partial charge in [0.25, 0.3) is 0 Å². The Hall–Kier alpha value is -0.120. The van der Waals surface area contributed by atoms with E-state index >= 15 is 0 Å². The summed E-state index contributed by atoms with van der Waals surface area (Å²) in [6.07, 6.45) is 4.25. The maximum Gasteiger partial charge on any atom is 0.0589 e. The molecule has 2 rings (SSSR count). The van der Waals surface area contributed by atoms with Gasteiger partial charge in [-0.15, -0.1) is 0 Å². The lowest BCUT2D eigenvalue weighted by atomic mass is 9.99. The number of hydrogen-bond donors (Lipinski definition) is 0. The molecule has 82 valence electrons. The maximum atomic E-state index is 5.13. The van der Waals surface area contributed by atoms with Gasteiger partial charge in [0.05, 0.1) is 6.61 Å². The Morgan fingerprint density at radius 2 is 2.14 bits per heavy atom. The van der Waals surface area contributed by atoms with Crippen LogP contribution in [0, 0.1) is 0 Å². The molecule has 2 heterocycles. The number of piperidine rings is 1. The Balaban J connectivity index is 1.77. The maximum absolute atomic E-state index is 5.13. The van der Waals surface area contributed by atoms with E-state index in [-0.39, 0.29) is 0 Å². The fraction of sp³-hybridized carbons (Fsp3) is 1.00. The lowest BCUT2D eigenvalue weighted by Gasteiger charge is -2.44. The number of rotatable bonds is 3. The molecule has 14 heavy (non-hydrogen) atoms. The predicted molar refractivity (Wildman–Crippen MR) is 57.5 cm³/mol. The molecule has 2 fully saturated rings. The summed E-state index contributed by atoms with van der Waals surface area (Å²) in [4.78, 5) is 5.22. The molecule has 0 aromatic rings. The van der Waals surface area contributed by atoms with Crippen LogP contribution >= 0.6 is 0 Å². The average Bonchev–Trinajstić information content (AvgIpc) is 2.26. The molecule has 0 spiro atoms. The highest BCUT2D eigenvalue weighted by atomic mass is 16.5. The van der Waals surface area contributed by atoms with E-state index in [2.05, 4.69) is 9.80 Å². The minimum Gasteiger partial charge on any atom is -0.383 e. The molecule has 0 aromatic heterocycles. The van der Waals surface area contributed by atoms with Gasteiger partial charge in [0.15, 0.2) is 0 Å². The zero-order valence-electron chi connectivity index (χ0n) is 9.24. The molecule has 0 aliphatic carbocycles. The van der Waals surface area contributed by atoms with Gasteiger partial charge in [-0.25, -0.2) is 0 Å². The van der Waals surface area contributed by atoms with Crippen molar-refractivity contribution in [1.82, 2.24) is 9.80 Å². The van der Waals surface area contributed by atoms with Gasteiger partial charge in [0.2, 0.25) is 0 Å². The van der Waals surface area contributed by atoms with Crippen LogP contribution in [0.4, 0.5) is 0 Å². The van der Waals surface area contributed by atoms with Crippen molar-refractivity contribution in [3.63, 3.8) is 0 Å². The molecule has 1 atom stereocenters. The zero-order valence-corrected chi connectivity index (χ0v) is 9.24. The lowest BCUT2D eigenvalue weighted by molar-refractivity contribution is 0.0365. The topological polar surface area (TPSA) is 15.7 Å². The highest BCUT2D eigenvalue weighted by Gasteiger charge is 2.28. The molecule has 0 saturated carbocycles. The quantitative estimate of drug-likeness (QED) is 0.667. The summed E-state index contributed by atoms with van der Waals surface area (Å²) in [6, 6.07) is 0.842. The first-order valence-electron chi connectivity index (χ1n) is 5.85. The fourth-order valence-electron chi connectivity index (χ4n) is 2.64. The van der Waals surface area contributed by atoms with Gasteiger partial charge in [-0.3, -0.25) is 9.80 Å². The Morgan fingerprint density at radius 3 is 3.00 bits per heavy atom. The standard InChI is InChI=1S/C11H22N2O/c1-14-9-8-12-6-7-13-5-3-2-4-11(13)10-12/h11H,2-10H2,1H3. The molecule has 2 aliphatic heterocycles. The van der Waals surface area contributed by atoms with E-state index < -0.39 is 0 Å². The van der Waals surface area contributed by atoms with Gasteiger partial charge in [0, 0.05) is 39.3 Å². The molecule has 3 nitrogen and oxygen atoms in total. The molecule has 0 bridgehead atoms. The van der Waals surface area contributed by atoms with Crippen molar-refractivity contribution < 1.29 is 4.74 Å². The second-order valence-electron chi connectivity index (χ2n) is 4.48. The number of nitrogens with zero attached hydrogens (tertiary/aromatic N) is 2. The third-order valence-corrected chi connectivity index (χ3v) is 3.53. The molecule has 0 amide bonds. The lowest BCUT2D eigenvalue weighted by Crippen LogP contribution is -2.55. The SMILES string of the molecule is COCCN1CCN2CCCCC2C1. The van der Waals surface area contributed by atoms with E-state index in [1.165, 1.54) is 45.4 Å². The third-order valence-electron chi connectivity index (χ3n) is 3.53.